The lowest BCUT2D eigenvalue weighted by Crippen LogP contribution is -2.07. The molecule has 0 saturated carbocycles. The highest BCUT2D eigenvalue weighted by atomic mass is 16.6. The largest absolute Gasteiger partial charge is 0.478 e. The smallest absolute Gasteiger partial charge is 0.274 e. The molecular weight excluding hydrogens is 272 g/mol. The summed E-state index contributed by atoms with van der Waals surface area (Å²) >= 11 is 0. The van der Waals surface area contributed by atoms with Crippen molar-refractivity contribution in [1.29, 1.82) is 0 Å². The molecule has 7 heteroatoms. The summed E-state index contributed by atoms with van der Waals surface area (Å²) in [7, 11) is 0. The molecule has 0 aliphatic heterocycles. The number of benzene rings is 1. The van der Waals surface area contributed by atoms with E-state index >= 15 is 0 Å². The average molecular weight is 288 g/mol. The summed E-state index contributed by atoms with van der Waals surface area (Å²) in [6.07, 6.45) is 1.40. The van der Waals surface area contributed by atoms with E-state index in [0.29, 0.717) is 30.4 Å². The summed E-state index contributed by atoms with van der Waals surface area (Å²) in [4.78, 5) is 18.8. The second-order valence-electron chi connectivity index (χ2n) is 4.32. The Kier molecular flexibility index (Phi) is 4.65. The van der Waals surface area contributed by atoms with E-state index in [-0.39, 0.29) is 5.69 Å². The third kappa shape index (κ3) is 3.44. The fourth-order valence-corrected chi connectivity index (χ4v) is 1.91. The maximum absolute atomic E-state index is 11.0. The first-order valence-corrected chi connectivity index (χ1v) is 6.54. The van der Waals surface area contributed by atoms with Gasteiger partial charge in [0.25, 0.3) is 5.69 Å². The van der Waals surface area contributed by atoms with E-state index in [9.17, 15) is 10.1 Å². The van der Waals surface area contributed by atoms with E-state index in [1.807, 2.05) is 13.8 Å². The summed E-state index contributed by atoms with van der Waals surface area (Å²) < 4.78 is 5.39. The number of para-hydroxylation sites is 1. The van der Waals surface area contributed by atoms with Gasteiger partial charge < -0.3 is 10.1 Å². The number of hydrogen-bond donors (Lipinski definition) is 1. The van der Waals surface area contributed by atoms with Gasteiger partial charge in [-0.2, -0.15) is 0 Å². The van der Waals surface area contributed by atoms with Crippen LogP contribution in [0.5, 0.6) is 5.88 Å². The fraction of sp³-hybridized carbons (Fsp3) is 0.286. The standard InChI is InChI=1S/C14H16N4O3/c1-3-21-14-10(2)13(16-9-17-14)15-8-11-6-4-5-7-12(11)18(19)20/h4-7,9H,3,8H2,1-2H3,(H,15,16,17). The molecule has 0 bridgehead atoms. The zero-order valence-corrected chi connectivity index (χ0v) is 11.9. The lowest BCUT2D eigenvalue weighted by Gasteiger charge is -2.11. The van der Waals surface area contributed by atoms with Gasteiger partial charge >= 0.3 is 0 Å². The molecule has 0 atom stereocenters. The first-order chi connectivity index (χ1) is 10.1. The van der Waals surface area contributed by atoms with Crippen molar-refractivity contribution in [2.45, 2.75) is 20.4 Å². The van der Waals surface area contributed by atoms with Gasteiger partial charge in [0, 0.05) is 18.2 Å². The van der Waals surface area contributed by atoms with Gasteiger partial charge in [0.05, 0.1) is 17.1 Å². The van der Waals surface area contributed by atoms with Crippen molar-refractivity contribution in [3.05, 3.63) is 51.8 Å². The van der Waals surface area contributed by atoms with Crippen molar-refractivity contribution in [2.24, 2.45) is 0 Å². The molecule has 2 aromatic rings. The molecule has 0 amide bonds. The molecular formula is C14H16N4O3. The van der Waals surface area contributed by atoms with Crippen LogP contribution >= 0.6 is 0 Å². The highest BCUT2D eigenvalue weighted by Crippen LogP contribution is 2.23. The maximum atomic E-state index is 11.0. The topological polar surface area (TPSA) is 90.2 Å². The van der Waals surface area contributed by atoms with Crippen LogP contribution in [0, 0.1) is 17.0 Å². The van der Waals surface area contributed by atoms with Crippen LogP contribution in [0.25, 0.3) is 0 Å². The van der Waals surface area contributed by atoms with Crippen LogP contribution in [0.15, 0.2) is 30.6 Å². The second kappa shape index (κ2) is 6.65. The van der Waals surface area contributed by atoms with E-state index < -0.39 is 4.92 Å². The second-order valence-corrected chi connectivity index (χ2v) is 4.32. The molecule has 1 heterocycles. The number of nitro groups is 1. The van der Waals surface area contributed by atoms with Crippen LogP contribution < -0.4 is 10.1 Å². The molecule has 110 valence electrons. The van der Waals surface area contributed by atoms with Crippen molar-refractivity contribution >= 4 is 11.5 Å². The Bertz CT molecular complexity index is 646. The van der Waals surface area contributed by atoms with Gasteiger partial charge in [-0.1, -0.05) is 18.2 Å². The Morgan fingerprint density at radius 3 is 2.81 bits per heavy atom. The number of nitrogens with zero attached hydrogens (tertiary/aromatic N) is 3. The molecule has 0 aliphatic rings. The van der Waals surface area contributed by atoms with Gasteiger partial charge in [0.1, 0.15) is 12.1 Å². The Balaban J connectivity index is 2.17. The Labute approximate surface area is 122 Å². The van der Waals surface area contributed by atoms with Crippen LogP contribution in [0.4, 0.5) is 11.5 Å². The van der Waals surface area contributed by atoms with E-state index in [0.717, 1.165) is 5.56 Å². The van der Waals surface area contributed by atoms with Gasteiger partial charge in [0.15, 0.2) is 0 Å². The lowest BCUT2D eigenvalue weighted by molar-refractivity contribution is -0.385. The lowest BCUT2D eigenvalue weighted by atomic mass is 10.2. The minimum absolute atomic E-state index is 0.0849. The van der Waals surface area contributed by atoms with E-state index in [4.69, 9.17) is 4.74 Å². The number of nitro benzene ring substituents is 1. The molecule has 1 N–H and O–H groups in total. The van der Waals surface area contributed by atoms with Crippen LogP contribution in [-0.2, 0) is 6.54 Å². The Morgan fingerprint density at radius 2 is 2.10 bits per heavy atom. The maximum Gasteiger partial charge on any atom is 0.274 e. The summed E-state index contributed by atoms with van der Waals surface area (Å²) in [5.41, 5.74) is 1.46. The molecule has 7 nitrogen and oxygen atoms in total. The fourth-order valence-electron chi connectivity index (χ4n) is 1.91. The van der Waals surface area contributed by atoms with Crippen LogP contribution in [0.1, 0.15) is 18.1 Å². The Hall–Kier alpha value is -2.70. The summed E-state index contributed by atoms with van der Waals surface area (Å²) in [6, 6.07) is 6.60. The molecule has 0 radical (unpaired) electrons. The molecule has 21 heavy (non-hydrogen) atoms. The van der Waals surface area contributed by atoms with Crippen LogP contribution in [-0.4, -0.2) is 21.5 Å². The van der Waals surface area contributed by atoms with Gasteiger partial charge in [-0.3, -0.25) is 10.1 Å². The Morgan fingerprint density at radius 1 is 1.33 bits per heavy atom. The highest BCUT2D eigenvalue weighted by molar-refractivity contribution is 5.49. The molecule has 0 fully saturated rings. The van der Waals surface area contributed by atoms with Crippen molar-refractivity contribution in [1.82, 2.24) is 9.97 Å². The number of anilines is 1. The molecule has 0 aliphatic carbocycles. The molecule has 0 unspecified atom stereocenters. The SMILES string of the molecule is CCOc1ncnc(NCc2ccccc2[N+](=O)[O-])c1C. The van der Waals surface area contributed by atoms with E-state index in [1.165, 1.54) is 12.4 Å². The third-order valence-electron chi connectivity index (χ3n) is 2.95. The summed E-state index contributed by atoms with van der Waals surface area (Å²) in [5, 5.41) is 14.1. The summed E-state index contributed by atoms with van der Waals surface area (Å²) in [6.45, 7) is 4.54. The van der Waals surface area contributed by atoms with Gasteiger partial charge in [-0.15, -0.1) is 0 Å². The monoisotopic (exact) mass is 288 g/mol. The minimum Gasteiger partial charge on any atom is -0.478 e. The number of hydrogen-bond acceptors (Lipinski definition) is 6. The molecule has 0 spiro atoms. The highest BCUT2D eigenvalue weighted by Gasteiger charge is 2.13. The first-order valence-electron chi connectivity index (χ1n) is 6.54. The molecule has 2 rings (SSSR count). The predicted octanol–water partition coefficient (Wildman–Crippen LogP) is 2.70. The number of ether oxygens (including phenoxy) is 1. The average Bonchev–Trinajstić information content (AvgIpc) is 2.48. The van der Waals surface area contributed by atoms with Gasteiger partial charge in [-0.05, 0) is 13.8 Å². The number of rotatable bonds is 6. The van der Waals surface area contributed by atoms with Crippen molar-refractivity contribution in [3.63, 3.8) is 0 Å². The van der Waals surface area contributed by atoms with Crippen molar-refractivity contribution in [3.8, 4) is 5.88 Å². The zero-order valence-electron chi connectivity index (χ0n) is 11.9. The van der Waals surface area contributed by atoms with E-state index in [1.54, 1.807) is 18.2 Å². The van der Waals surface area contributed by atoms with Crippen LogP contribution in [0.3, 0.4) is 0 Å². The normalized spacial score (nSPS) is 10.2. The first kappa shape index (κ1) is 14.7. The molecule has 1 aromatic carbocycles. The van der Waals surface area contributed by atoms with Crippen molar-refractivity contribution < 1.29 is 9.66 Å². The minimum atomic E-state index is -0.393. The predicted molar refractivity (Wildman–Crippen MR) is 78.4 cm³/mol. The number of aromatic nitrogens is 2. The zero-order chi connectivity index (χ0) is 15.2. The van der Waals surface area contributed by atoms with Gasteiger partial charge in [0.2, 0.25) is 5.88 Å². The molecule has 0 saturated heterocycles. The quantitative estimate of drug-likeness (QED) is 0.649. The summed E-state index contributed by atoms with van der Waals surface area (Å²) in [5.74, 6) is 1.11. The third-order valence-corrected chi connectivity index (χ3v) is 2.95. The van der Waals surface area contributed by atoms with Crippen LogP contribution in [0.2, 0.25) is 0 Å². The molecule has 1 aromatic heterocycles. The van der Waals surface area contributed by atoms with E-state index in [2.05, 4.69) is 15.3 Å². The van der Waals surface area contributed by atoms with Gasteiger partial charge in [-0.25, -0.2) is 9.97 Å². The van der Waals surface area contributed by atoms with Crippen molar-refractivity contribution in [2.75, 3.05) is 11.9 Å². The number of nitrogens with one attached hydrogen (secondary N) is 1.